The summed E-state index contributed by atoms with van der Waals surface area (Å²) in [6.45, 7) is 4.40. The van der Waals surface area contributed by atoms with E-state index in [0.717, 1.165) is 16.8 Å². The van der Waals surface area contributed by atoms with E-state index in [0.29, 0.717) is 18.0 Å². The predicted molar refractivity (Wildman–Crippen MR) is 102 cm³/mol. The number of hydrogen-bond donors (Lipinski definition) is 1. The number of nitrogens with one attached hydrogen (secondary N) is 1. The number of benzene rings is 1. The second-order valence-electron chi connectivity index (χ2n) is 6.00. The van der Waals surface area contributed by atoms with E-state index in [-0.39, 0.29) is 23.3 Å². The molecular formula is C19H21N3O3S. The van der Waals surface area contributed by atoms with Crippen molar-refractivity contribution in [1.29, 1.82) is 0 Å². The summed E-state index contributed by atoms with van der Waals surface area (Å²) in [4.78, 5) is 29.2. The maximum Gasteiger partial charge on any atom is 0.283 e. The average molecular weight is 371 g/mol. The molecule has 2 aromatic heterocycles. The Morgan fingerprint density at radius 1 is 1.31 bits per heavy atom. The Hall–Kier alpha value is -2.54. The second-order valence-corrected chi connectivity index (χ2v) is 6.96. The number of carbonyl (C=O) groups is 1. The number of fused-ring (bicyclic) bond motifs is 1. The molecule has 1 amide bonds. The van der Waals surface area contributed by atoms with E-state index in [2.05, 4.69) is 10.3 Å². The molecule has 0 aliphatic heterocycles. The SMILES string of the molecule is CCn1c(=O)c(SCC(=O)NC(C)Cc2ccco2)nc2ccccc21. The maximum atomic E-state index is 12.6. The van der Waals surface area contributed by atoms with Crippen LogP contribution in [-0.2, 0) is 17.8 Å². The normalized spacial score (nSPS) is 12.2. The van der Waals surface area contributed by atoms with Crippen molar-refractivity contribution in [2.75, 3.05) is 5.75 Å². The maximum absolute atomic E-state index is 12.6. The molecule has 2 heterocycles. The van der Waals surface area contributed by atoms with Crippen LogP contribution in [0, 0.1) is 0 Å². The average Bonchev–Trinajstić information content (AvgIpc) is 3.12. The van der Waals surface area contributed by atoms with Crippen LogP contribution in [0.1, 0.15) is 19.6 Å². The van der Waals surface area contributed by atoms with Crippen molar-refractivity contribution in [1.82, 2.24) is 14.9 Å². The number of nitrogens with zero attached hydrogens (tertiary/aromatic N) is 2. The fourth-order valence-electron chi connectivity index (χ4n) is 2.81. The molecular weight excluding hydrogens is 350 g/mol. The first-order chi connectivity index (χ1) is 12.6. The summed E-state index contributed by atoms with van der Waals surface area (Å²) in [7, 11) is 0. The number of rotatable bonds is 7. The van der Waals surface area contributed by atoms with Crippen molar-refractivity contribution >= 4 is 28.7 Å². The smallest absolute Gasteiger partial charge is 0.283 e. The van der Waals surface area contributed by atoms with Crippen molar-refractivity contribution in [2.45, 2.75) is 37.9 Å². The van der Waals surface area contributed by atoms with Gasteiger partial charge in [0.25, 0.3) is 5.56 Å². The van der Waals surface area contributed by atoms with Crippen LogP contribution in [-0.4, -0.2) is 27.3 Å². The second kappa shape index (κ2) is 8.23. The van der Waals surface area contributed by atoms with Crippen LogP contribution in [0.15, 0.2) is 56.9 Å². The third-order valence-corrected chi connectivity index (χ3v) is 4.92. The van der Waals surface area contributed by atoms with Gasteiger partial charge in [-0.2, -0.15) is 0 Å². The van der Waals surface area contributed by atoms with Gasteiger partial charge in [-0.1, -0.05) is 23.9 Å². The van der Waals surface area contributed by atoms with Gasteiger partial charge < -0.3 is 14.3 Å². The van der Waals surface area contributed by atoms with Crippen LogP contribution in [0.2, 0.25) is 0 Å². The molecule has 7 heteroatoms. The number of furan rings is 1. The molecule has 0 aliphatic carbocycles. The largest absolute Gasteiger partial charge is 0.469 e. The van der Waals surface area contributed by atoms with Crippen LogP contribution in [0.4, 0.5) is 0 Å². The monoisotopic (exact) mass is 371 g/mol. The van der Waals surface area contributed by atoms with Gasteiger partial charge in [0.05, 0.1) is 23.0 Å². The van der Waals surface area contributed by atoms with Crippen LogP contribution < -0.4 is 10.9 Å². The standard InChI is InChI=1S/C19H21N3O3S/c1-3-22-16-9-5-4-8-15(16)21-18(19(22)24)26-12-17(23)20-13(2)11-14-7-6-10-25-14/h4-10,13H,3,11-12H2,1-2H3,(H,20,23). The van der Waals surface area contributed by atoms with Crippen molar-refractivity contribution in [3.63, 3.8) is 0 Å². The minimum atomic E-state index is -0.160. The molecule has 1 unspecified atom stereocenters. The van der Waals surface area contributed by atoms with E-state index in [1.165, 1.54) is 11.8 Å². The predicted octanol–water partition coefficient (Wildman–Crippen LogP) is 2.85. The van der Waals surface area contributed by atoms with E-state index in [1.54, 1.807) is 10.8 Å². The molecule has 0 spiro atoms. The molecule has 136 valence electrons. The molecule has 0 saturated carbocycles. The summed E-state index contributed by atoms with van der Waals surface area (Å²) in [5.74, 6) is 0.839. The third-order valence-electron chi connectivity index (χ3n) is 3.97. The molecule has 3 rings (SSSR count). The zero-order valence-electron chi connectivity index (χ0n) is 14.8. The van der Waals surface area contributed by atoms with E-state index in [1.807, 2.05) is 50.2 Å². The van der Waals surface area contributed by atoms with Crippen LogP contribution in [0.3, 0.4) is 0 Å². The quantitative estimate of drug-likeness (QED) is 0.646. The Bertz CT molecular complexity index is 950. The van der Waals surface area contributed by atoms with E-state index < -0.39 is 0 Å². The Labute approximate surface area is 155 Å². The molecule has 1 N–H and O–H groups in total. The molecule has 6 nitrogen and oxygen atoms in total. The summed E-state index contributed by atoms with van der Waals surface area (Å²) in [6.07, 6.45) is 2.24. The first kappa shape index (κ1) is 18.3. The minimum Gasteiger partial charge on any atom is -0.469 e. The first-order valence-corrected chi connectivity index (χ1v) is 9.51. The van der Waals surface area contributed by atoms with Crippen LogP contribution in [0.25, 0.3) is 11.0 Å². The molecule has 1 aromatic carbocycles. The molecule has 0 bridgehead atoms. The van der Waals surface area contributed by atoms with Gasteiger partial charge in [-0.25, -0.2) is 4.98 Å². The summed E-state index contributed by atoms with van der Waals surface area (Å²) < 4.78 is 6.97. The number of para-hydroxylation sites is 2. The van der Waals surface area contributed by atoms with Gasteiger partial charge in [-0.15, -0.1) is 0 Å². The molecule has 3 aromatic rings. The Morgan fingerprint density at radius 2 is 2.12 bits per heavy atom. The third kappa shape index (κ3) is 4.16. The zero-order chi connectivity index (χ0) is 18.5. The fourth-order valence-corrected chi connectivity index (χ4v) is 3.56. The van der Waals surface area contributed by atoms with Crippen molar-refractivity contribution in [2.24, 2.45) is 0 Å². The summed E-state index contributed by atoms with van der Waals surface area (Å²) in [6, 6.07) is 11.2. The number of amides is 1. The molecule has 0 radical (unpaired) electrons. The molecule has 0 aliphatic rings. The van der Waals surface area contributed by atoms with Gasteiger partial charge in [0.2, 0.25) is 5.91 Å². The van der Waals surface area contributed by atoms with E-state index in [9.17, 15) is 9.59 Å². The topological polar surface area (TPSA) is 77.1 Å². The van der Waals surface area contributed by atoms with Crippen LogP contribution in [0.5, 0.6) is 0 Å². The summed E-state index contributed by atoms with van der Waals surface area (Å²) in [5.41, 5.74) is 1.40. The van der Waals surface area contributed by atoms with Gasteiger partial charge in [-0.3, -0.25) is 9.59 Å². The van der Waals surface area contributed by atoms with Crippen molar-refractivity contribution in [3.05, 3.63) is 58.8 Å². The Kier molecular flexibility index (Phi) is 5.78. The van der Waals surface area contributed by atoms with Gasteiger partial charge in [-0.05, 0) is 38.1 Å². The molecule has 1 atom stereocenters. The highest BCUT2D eigenvalue weighted by molar-refractivity contribution is 7.99. The van der Waals surface area contributed by atoms with Crippen molar-refractivity contribution < 1.29 is 9.21 Å². The first-order valence-electron chi connectivity index (χ1n) is 8.52. The Balaban J connectivity index is 1.66. The lowest BCUT2D eigenvalue weighted by atomic mass is 10.2. The Morgan fingerprint density at radius 3 is 2.85 bits per heavy atom. The lowest BCUT2D eigenvalue weighted by Gasteiger charge is -2.13. The minimum absolute atomic E-state index is 0.0499. The number of aryl methyl sites for hydroxylation is 1. The summed E-state index contributed by atoms with van der Waals surface area (Å²) in [5, 5.41) is 3.26. The van der Waals surface area contributed by atoms with Gasteiger partial charge in [0, 0.05) is 19.0 Å². The fraction of sp³-hybridized carbons (Fsp3) is 0.316. The van der Waals surface area contributed by atoms with Gasteiger partial charge in [0.1, 0.15) is 5.76 Å². The van der Waals surface area contributed by atoms with E-state index >= 15 is 0 Å². The molecule has 26 heavy (non-hydrogen) atoms. The number of thioether (sulfide) groups is 1. The zero-order valence-corrected chi connectivity index (χ0v) is 15.6. The highest BCUT2D eigenvalue weighted by Gasteiger charge is 2.14. The van der Waals surface area contributed by atoms with E-state index in [4.69, 9.17) is 4.42 Å². The molecule has 0 saturated heterocycles. The number of hydrogen-bond acceptors (Lipinski definition) is 5. The molecule has 0 fully saturated rings. The van der Waals surface area contributed by atoms with Crippen LogP contribution >= 0.6 is 11.8 Å². The number of aromatic nitrogens is 2. The number of carbonyl (C=O) groups excluding carboxylic acids is 1. The highest BCUT2D eigenvalue weighted by atomic mass is 32.2. The van der Waals surface area contributed by atoms with Gasteiger partial charge in [0.15, 0.2) is 5.03 Å². The van der Waals surface area contributed by atoms with Gasteiger partial charge >= 0.3 is 0 Å². The van der Waals surface area contributed by atoms with Crippen molar-refractivity contribution in [3.8, 4) is 0 Å². The lowest BCUT2D eigenvalue weighted by Crippen LogP contribution is -2.35. The highest BCUT2D eigenvalue weighted by Crippen LogP contribution is 2.16. The summed E-state index contributed by atoms with van der Waals surface area (Å²) >= 11 is 1.17. The lowest BCUT2D eigenvalue weighted by molar-refractivity contribution is -0.119.